The van der Waals surface area contributed by atoms with E-state index in [1.54, 1.807) is 4.90 Å². The van der Waals surface area contributed by atoms with Gasteiger partial charge in [0.25, 0.3) is 5.91 Å². The number of rotatable bonds is 1. The highest BCUT2D eigenvalue weighted by Crippen LogP contribution is 2.34. The number of aromatic amines is 1. The molecule has 0 aliphatic carbocycles. The van der Waals surface area contributed by atoms with Crippen LogP contribution in [-0.4, -0.2) is 17.4 Å². The second kappa shape index (κ2) is 4.38. The lowest BCUT2D eigenvalue weighted by Crippen LogP contribution is -2.29. The third-order valence-electron chi connectivity index (χ3n) is 4.07. The van der Waals surface area contributed by atoms with Crippen LogP contribution in [0.25, 0.3) is 10.9 Å². The molecular formula is C17H15N3O. The van der Waals surface area contributed by atoms with E-state index in [9.17, 15) is 4.79 Å². The van der Waals surface area contributed by atoms with Gasteiger partial charge in [-0.25, -0.2) is 0 Å². The number of fused-ring (bicyclic) bond motifs is 2. The van der Waals surface area contributed by atoms with Crippen LogP contribution in [0.3, 0.4) is 0 Å². The Balaban J connectivity index is 1.76. The van der Waals surface area contributed by atoms with E-state index in [2.05, 4.69) is 4.98 Å². The minimum atomic E-state index is 0.00292. The zero-order valence-corrected chi connectivity index (χ0v) is 11.5. The molecule has 3 aromatic rings. The van der Waals surface area contributed by atoms with Gasteiger partial charge in [0.05, 0.1) is 11.4 Å². The Hall–Kier alpha value is -2.75. The van der Waals surface area contributed by atoms with Crippen LogP contribution in [0.1, 0.15) is 15.9 Å². The number of anilines is 2. The SMILES string of the molecule is Nc1cccc2c1N(C(=O)c1ccc3cc[nH]c3c1)CC2. The number of nitrogens with two attached hydrogens (primary N) is 1. The molecule has 4 heteroatoms. The fourth-order valence-corrected chi connectivity index (χ4v) is 3.03. The van der Waals surface area contributed by atoms with Crippen molar-refractivity contribution in [3.05, 3.63) is 59.8 Å². The summed E-state index contributed by atoms with van der Waals surface area (Å²) in [7, 11) is 0. The van der Waals surface area contributed by atoms with E-state index in [1.807, 2.05) is 48.7 Å². The van der Waals surface area contributed by atoms with E-state index in [4.69, 9.17) is 5.73 Å². The first-order valence-electron chi connectivity index (χ1n) is 7.00. The topological polar surface area (TPSA) is 62.1 Å². The molecule has 2 aromatic carbocycles. The fraction of sp³-hybridized carbons (Fsp3) is 0.118. The normalized spacial score (nSPS) is 13.6. The first kappa shape index (κ1) is 12.0. The quantitative estimate of drug-likeness (QED) is 0.672. The first-order valence-corrected chi connectivity index (χ1v) is 7.00. The molecular weight excluding hydrogens is 262 g/mol. The van der Waals surface area contributed by atoms with Crippen LogP contribution in [0, 0.1) is 0 Å². The summed E-state index contributed by atoms with van der Waals surface area (Å²) >= 11 is 0. The summed E-state index contributed by atoms with van der Waals surface area (Å²) in [5.74, 6) is 0.00292. The van der Waals surface area contributed by atoms with Gasteiger partial charge >= 0.3 is 0 Å². The van der Waals surface area contributed by atoms with Gasteiger partial charge in [0.2, 0.25) is 0 Å². The average Bonchev–Trinajstić information content (AvgIpc) is 3.13. The van der Waals surface area contributed by atoms with Gasteiger partial charge in [-0.3, -0.25) is 4.79 Å². The van der Waals surface area contributed by atoms with Crippen molar-refractivity contribution in [2.24, 2.45) is 0 Å². The van der Waals surface area contributed by atoms with Crippen molar-refractivity contribution >= 4 is 28.2 Å². The Bertz CT molecular complexity index is 850. The van der Waals surface area contributed by atoms with Crippen molar-refractivity contribution in [1.82, 2.24) is 4.98 Å². The van der Waals surface area contributed by atoms with E-state index in [0.29, 0.717) is 17.8 Å². The molecule has 1 amide bonds. The number of hydrogen-bond acceptors (Lipinski definition) is 2. The van der Waals surface area contributed by atoms with Crippen LogP contribution in [0.5, 0.6) is 0 Å². The average molecular weight is 277 g/mol. The molecule has 0 fully saturated rings. The first-order chi connectivity index (χ1) is 10.2. The molecule has 0 radical (unpaired) electrons. The van der Waals surface area contributed by atoms with Gasteiger partial charge in [0.15, 0.2) is 0 Å². The molecule has 0 spiro atoms. The van der Waals surface area contributed by atoms with Gasteiger partial charge in [0, 0.05) is 23.8 Å². The Labute approximate surface area is 122 Å². The lowest BCUT2D eigenvalue weighted by molar-refractivity contribution is 0.0989. The second-order valence-electron chi connectivity index (χ2n) is 5.34. The molecule has 4 nitrogen and oxygen atoms in total. The van der Waals surface area contributed by atoms with Crippen molar-refractivity contribution in [3.8, 4) is 0 Å². The predicted molar refractivity (Wildman–Crippen MR) is 84.5 cm³/mol. The summed E-state index contributed by atoms with van der Waals surface area (Å²) in [5.41, 5.74) is 10.4. The maximum Gasteiger partial charge on any atom is 0.258 e. The number of hydrogen-bond donors (Lipinski definition) is 2. The number of benzene rings is 2. The Morgan fingerprint density at radius 3 is 3.00 bits per heavy atom. The van der Waals surface area contributed by atoms with E-state index in [-0.39, 0.29) is 5.91 Å². The number of carbonyl (C=O) groups is 1. The molecule has 3 N–H and O–H groups in total. The minimum absolute atomic E-state index is 0.00292. The number of aromatic nitrogens is 1. The van der Waals surface area contributed by atoms with Gasteiger partial charge in [-0.15, -0.1) is 0 Å². The lowest BCUT2D eigenvalue weighted by atomic mass is 10.1. The Morgan fingerprint density at radius 1 is 1.19 bits per heavy atom. The molecule has 1 aliphatic heterocycles. The van der Waals surface area contributed by atoms with Crippen LogP contribution in [-0.2, 0) is 6.42 Å². The van der Waals surface area contributed by atoms with Crippen LogP contribution in [0.4, 0.5) is 11.4 Å². The molecule has 0 saturated heterocycles. The molecule has 104 valence electrons. The highest BCUT2D eigenvalue weighted by atomic mass is 16.2. The summed E-state index contributed by atoms with van der Waals surface area (Å²) in [6.45, 7) is 0.686. The molecule has 0 saturated carbocycles. The van der Waals surface area contributed by atoms with Crippen molar-refractivity contribution in [1.29, 1.82) is 0 Å². The van der Waals surface area contributed by atoms with Gasteiger partial charge in [0.1, 0.15) is 0 Å². The summed E-state index contributed by atoms with van der Waals surface area (Å²) in [5, 5.41) is 1.10. The number of nitrogens with zero attached hydrogens (tertiary/aromatic N) is 1. The summed E-state index contributed by atoms with van der Waals surface area (Å²) in [6, 6.07) is 13.5. The molecule has 21 heavy (non-hydrogen) atoms. The maximum absolute atomic E-state index is 12.8. The molecule has 0 atom stereocenters. The largest absolute Gasteiger partial charge is 0.397 e. The highest BCUT2D eigenvalue weighted by molar-refractivity contribution is 6.10. The zero-order chi connectivity index (χ0) is 14.4. The van der Waals surface area contributed by atoms with E-state index < -0.39 is 0 Å². The molecule has 1 aliphatic rings. The van der Waals surface area contributed by atoms with E-state index in [1.165, 1.54) is 0 Å². The molecule has 0 bridgehead atoms. The number of nitrogen functional groups attached to an aromatic ring is 1. The Morgan fingerprint density at radius 2 is 2.10 bits per heavy atom. The van der Waals surface area contributed by atoms with Crippen LogP contribution < -0.4 is 10.6 Å². The molecule has 2 heterocycles. The van der Waals surface area contributed by atoms with Crippen LogP contribution in [0.2, 0.25) is 0 Å². The monoisotopic (exact) mass is 277 g/mol. The molecule has 1 aromatic heterocycles. The third-order valence-corrected chi connectivity index (χ3v) is 4.07. The van der Waals surface area contributed by atoms with Crippen molar-refractivity contribution in [2.45, 2.75) is 6.42 Å². The van der Waals surface area contributed by atoms with Crippen molar-refractivity contribution in [3.63, 3.8) is 0 Å². The van der Waals surface area contributed by atoms with Crippen molar-refractivity contribution in [2.75, 3.05) is 17.2 Å². The van der Waals surface area contributed by atoms with Crippen molar-refractivity contribution < 1.29 is 4.79 Å². The fourth-order valence-electron chi connectivity index (χ4n) is 3.03. The zero-order valence-electron chi connectivity index (χ0n) is 11.5. The molecule has 0 unspecified atom stereocenters. The lowest BCUT2D eigenvalue weighted by Gasteiger charge is -2.19. The number of para-hydroxylation sites is 1. The predicted octanol–water partition coefficient (Wildman–Crippen LogP) is 2.95. The standard InChI is InChI=1S/C17H15N3O/c18-14-3-1-2-12-7-9-20(16(12)14)17(21)13-5-4-11-6-8-19-15(11)10-13/h1-6,8,10,19H,7,9,18H2. The highest BCUT2D eigenvalue weighted by Gasteiger charge is 2.27. The minimum Gasteiger partial charge on any atom is -0.397 e. The van der Waals surface area contributed by atoms with E-state index >= 15 is 0 Å². The summed E-state index contributed by atoms with van der Waals surface area (Å²) < 4.78 is 0. The number of amides is 1. The van der Waals surface area contributed by atoms with Gasteiger partial charge in [-0.2, -0.15) is 0 Å². The second-order valence-corrected chi connectivity index (χ2v) is 5.34. The van der Waals surface area contributed by atoms with Crippen LogP contribution in [0.15, 0.2) is 48.7 Å². The number of carbonyl (C=O) groups excluding carboxylic acids is 1. The summed E-state index contributed by atoms with van der Waals surface area (Å²) in [6.07, 6.45) is 2.74. The van der Waals surface area contributed by atoms with Crippen LogP contribution >= 0.6 is 0 Å². The Kier molecular flexibility index (Phi) is 2.51. The van der Waals surface area contributed by atoms with Gasteiger partial charge < -0.3 is 15.6 Å². The maximum atomic E-state index is 12.8. The number of nitrogens with one attached hydrogen (secondary N) is 1. The van der Waals surface area contributed by atoms with Gasteiger partial charge in [-0.1, -0.05) is 18.2 Å². The number of H-pyrrole nitrogens is 1. The third kappa shape index (κ3) is 1.80. The van der Waals surface area contributed by atoms with Gasteiger partial charge in [-0.05, 0) is 41.6 Å². The smallest absolute Gasteiger partial charge is 0.258 e. The van der Waals surface area contributed by atoms with E-state index in [0.717, 1.165) is 28.6 Å². The summed E-state index contributed by atoms with van der Waals surface area (Å²) in [4.78, 5) is 17.7. The molecule has 4 rings (SSSR count).